The van der Waals surface area contributed by atoms with Gasteiger partial charge < -0.3 is 14.9 Å². The van der Waals surface area contributed by atoms with E-state index in [4.69, 9.17) is 14.9 Å². The van der Waals surface area contributed by atoms with Crippen LogP contribution in [0.1, 0.15) is 39.2 Å². The molecule has 0 heterocycles. The first-order chi connectivity index (χ1) is 11.8. The summed E-state index contributed by atoms with van der Waals surface area (Å²) >= 11 is 0. The zero-order valence-corrected chi connectivity index (χ0v) is 15.1. The molecule has 0 saturated carbocycles. The standard InChI is InChI=1S/C19H25NO5/c1-5-24-18(22)15(12(3)20)17(14-10-8-7-9-11-14)16(13(4)21)19(23)25-6-2/h7-11,15-17,20H,5-6H2,1-4H3. The summed E-state index contributed by atoms with van der Waals surface area (Å²) in [7, 11) is 0. The van der Waals surface area contributed by atoms with Gasteiger partial charge >= 0.3 is 11.9 Å². The van der Waals surface area contributed by atoms with Crippen LogP contribution >= 0.6 is 0 Å². The molecule has 0 bridgehead atoms. The predicted molar refractivity (Wildman–Crippen MR) is 93.5 cm³/mol. The first kappa shape index (κ1) is 20.5. The Bertz CT molecular complexity index is 590. The van der Waals surface area contributed by atoms with Crippen LogP contribution in [0.25, 0.3) is 0 Å². The fourth-order valence-corrected chi connectivity index (χ4v) is 2.87. The number of carbonyl (C=O) groups excluding carboxylic acids is 3. The first-order valence-corrected chi connectivity index (χ1v) is 8.28. The largest absolute Gasteiger partial charge is 0.465 e. The fraction of sp³-hybridized carbons (Fsp3) is 0.474. The van der Waals surface area contributed by atoms with Crippen molar-refractivity contribution in [3.05, 3.63) is 35.9 Å². The molecule has 0 aliphatic carbocycles. The summed E-state index contributed by atoms with van der Waals surface area (Å²) < 4.78 is 10.1. The lowest BCUT2D eigenvalue weighted by Gasteiger charge is -2.30. The number of ether oxygens (including phenoxy) is 2. The molecule has 6 heteroatoms. The molecule has 25 heavy (non-hydrogen) atoms. The Hall–Kier alpha value is -2.50. The summed E-state index contributed by atoms with van der Waals surface area (Å²) in [5.74, 6) is -4.81. The van der Waals surface area contributed by atoms with Gasteiger partial charge in [0.1, 0.15) is 17.6 Å². The minimum atomic E-state index is -1.18. The highest BCUT2D eigenvalue weighted by Crippen LogP contribution is 2.35. The Balaban J connectivity index is 3.50. The zero-order valence-electron chi connectivity index (χ0n) is 15.1. The predicted octanol–water partition coefficient (Wildman–Crippen LogP) is 2.76. The van der Waals surface area contributed by atoms with Crippen molar-refractivity contribution in [2.24, 2.45) is 11.8 Å². The molecule has 1 aromatic carbocycles. The maximum atomic E-state index is 12.5. The molecule has 1 rings (SSSR count). The van der Waals surface area contributed by atoms with Crippen molar-refractivity contribution < 1.29 is 23.9 Å². The van der Waals surface area contributed by atoms with Crippen molar-refractivity contribution in [1.29, 1.82) is 5.41 Å². The summed E-state index contributed by atoms with van der Waals surface area (Å²) in [6.07, 6.45) is 0. The van der Waals surface area contributed by atoms with Gasteiger partial charge in [-0.05, 0) is 33.3 Å². The van der Waals surface area contributed by atoms with Crippen LogP contribution in [-0.4, -0.2) is 36.6 Å². The van der Waals surface area contributed by atoms with E-state index in [-0.39, 0.29) is 18.9 Å². The van der Waals surface area contributed by atoms with E-state index in [2.05, 4.69) is 0 Å². The van der Waals surface area contributed by atoms with Gasteiger partial charge in [0.15, 0.2) is 0 Å². The van der Waals surface area contributed by atoms with Gasteiger partial charge in [-0.2, -0.15) is 0 Å². The Morgan fingerprint density at radius 1 is 0.920 bits per heavy atom. The quantitative estimate of drug-likeness (QED) is 0.421. The maximum Gasteiger partial charge on any atom is 0.317 e. The van der Waals surface area contributed by atoms with Gasteiger partial charge in [-0.1, -0.05) is 30.3 Å². The van der Waals surface area contributed by atoms with Crippen LogP contribution < -0.4 is 0 Å². The Morgan fingerprint density at radius 2 is 1.40 bits per heavy atom. The summed E-state index contributed by atoms with van der Waals surface area (Å²) in [6, 6.07) is 8.77. The van der Waals surface area contributed by atoms with E-state index in [0.717, 1.165) is 0 Å². The van der Waals surface area contributed by atoms with Crippen LogP contribution in [0.2, 0.25) is 0 Å². The Labute approximate surface area is 148 Å². The summed E-state index contributed by atoms with van der Waals surface area (Å²) in [4.78, 5) is 37.2. The summed E-state index contributed by atoms with van der Waals surface area (Å²) in [5, 5.41) is 8.05. The Kier molecular flexibility index (Phi) is 7.98. The average molecular weight is 347 g/mol. The molecule has 0 amide bonds. The van der Waals surface area contributed by atoms with Gasteiger partial charge in [0, 0.05) is 11.6 Å². The van der Waals surface area contributed by atoms with Crippen molar-refractivity contribution in [3.8, 4) is 0 Å². The number of ketones is 1. The molecule has 0 aliphatic heterocycles. The lowest BCUT2D eigenvalue weighted by atomic mass is 9.73. The molecule has 0 radical (unpaired) electrons. The van der Waals surface area contributed by atoms with Crippen LogP contribution in [0.3, 0.4) is 0 Å². The van der Waals surface area contributed by atoms with Crippen LogP contribution in [0, 0.1) is 17.2 Å². The third-order valence-electron chi connectivity index (χ3n) is 3.89. The van der Waals surface area contributed by atoms with Crippen molar-refractivity contribution in [2.45, 2.75) is 33.6 Å². The molecule has 136 valence electrons. The van der Waals surface area contributed by atoms with Crippen molar-refractivity contribution in [2.75, 3.05) is 13.2 Å². The molecule has 0 saturated heterocycles. The minimum Gasteiger partial charge on any atom is -0.465 e. The van der Waals surface area contributed by atoms with E-state index in [0.29, 0.717) is 5.56 Å². The summed E-state index contributed by atoms with van der Waals surface area (Å²) in [6.45, 7) is 6.35. The van der Waals surface area contributed by atoms with Crippen molar-refractivity contribution in [1.82, 2.24) is 0 Å². The van der Waals surface area contributed by atoms with Gasteiger partial charge in [0.2, 0.25) is 0 Å². The average Bonchev–Trinajstić information content (AvgIpc) is 2.54. The number of hydrogen-bond acceptors (Lipinski definition) is 6. The molecule has 3 unspecified atom stereocenters. The van der Waals surface area contributed by atoms with Gasteiger partial charge in [-0.15, -0.1) is 0 Å². The topological polar surface area (TPSA) is 93.5 Å². The van der Waals surface area contributed by atoms with Crippen molar-refractivity contribution in [3.63, 3.8) is 0 Å². The minimum absolute atomic E-state index is 0.0304. The lowest BCUT2D eigenvalue weighted by Crippen LogP contribution is -2.40. The van der Waals surface area contributed by atoms with Crippen LogP contribution in [0.15, 0.2) is 30.3 Å². The molecule has 3 atom stereocenters. The van der Waals surface area contributed by atoms with Crippen LogP contribution in [0.5, 0.6) is 0 Å². The zero-order chi connectivity index (χ0) is 19.0. The smallest absolute Gasteiger partial charge is 0.317 e. The molecule has 1 aromatic rings. The number of Topliss-reactive ketones (excluding diaryl/α,β-unsaturated/α-hetero) is 1. The van der Waals surface area contributed by atoms with E-state index >= 15 is 0 Å². The molecular formula is C19H25NO5. The molecule has 0 fully saturated rings. The van der Waals surface area contributed by atoms with E-state index in [9.17, 15) is 14.4 Å². The van der Waals surface area contributed by atoms with E-state index in [1.165, 1.54) is 13.8 Å². The Morgan fingerprint density at radius 3 is 1.80 bits per heavy atom. The lowest BCUT2D eigenvalue weighted by molar-refractivity contribution is -0.154. The fourth-order valence-electron chi connectivity index (χ4n) is 2.87. The third-order valence-corrected chi connectivity index (χ3v) is 3.89. The number of hydrogen-bond donors (Lipinski definition) is 1. The monoisotopic (exact) mass is 347 g/mol. The second-order valence-electron chi connectivity index (χ2n) is 5.69. The SMILES string of the molecule is CCOC(=O)C(C(C)=N)C(c1ccccc1)C(C(C)=O)C(=O)OCC. The van der Waals surface area contributed by atoms with E-state index < -0.39 is 35.5 Å². The van der Waals surface area contributed by atoms with Gasteiger partial charge in [-0.25, -0.2) is 0 Å². The van der Waals surface area contributed by atoms with Gasteiger partial charge in [0.25, 0.3) is 0 Å². The normalized spacial score (nSPS) is 14.1. The third kappa shape index (κ3) is 5.24. The highest BCUT2D eigenvalue weighted by Gasteiger charge is 2.44. The molecule has 0 aromatic heterocycles. The van der Waals surface area contributed by atoms with Crippen LogP contribution in [0.4, 0.5) is 0 Å². The molecule has 0 aliphatic rings. The number of nitrogens with one attached hydrogen (secondary N) is 1. The van der Waals surface area contributed by atoms with E-state index in [1.807, 2.05) is 0 Å². The molecule has 0 spiro atoms. The molecule has 6 nitrogen and oxygen atoms in total. The van der Waals surface area contributed by atoms with Crippen molar-refractivity contribution >= 4 is 23.4 Å². The number of esters is 2. The highest BCUT2D eigenvalue weighted by atomic mass is 16.5. The second kappa shape index (κ2) is 9.71. The molecule has 1 N–H and O–H groups in total. The number of carbonyl (C=O) groups is 3. The number of rotatable bonds is 9. The van der Waals surface area contributed by atoms with Gasteiger partial charge in [-0.3, -0.25) is 14.4 Å². The highest BCUT2D eigenvalue weighted by molar-refractivity contribution is 6.04. The summed E-state index contributed by atoms with van der Waals surface area (Å²) in [5.41, 5.74) is 0.642. The van der Waals surface area contributed by atoms with E-state index in [1.54, 1.807) is 44.2 Å². The molecular weight excluding hydrogens is 322 g/mol. The number of benzene rings is 1. The maximum absolute atomic E-state index is 12.5. The van der Waals surface area contributed by atoms with Crippen LogP contribution in [-0.2, 0) is 23.9 Å². The van der Waals surface area contributed by atoms with Gasteiger partial charge in [0.05, 0.1) is 13.2 Å². The second-order valence-corrected chi connectivity index (χ2v) is 5.69. The first-order valence-electron chi connectivity index (χ1n) is 8.28.